The summed E-state index contributed by atoms with van der Waals surface area (Å²) in [5.74, 6) is 5.70. The van der Waals surface area contributed by atoms with Crippen molar-refractivity contribution < 1.29 is 20.2 Å². The van der Waals surface area contributed by atoms with Crippen LogP contribution in [0.15, 0.2) is 48.5 Å². The highest BCUT2D eigenvalue weighted by molar-refractivity contribution is 5.94. The van der Waals surface area contributed by atoms with Crippen LogP contribution in [0.25, 0.3) is 0 Å². The Kier molecular flexibility index (Phi) is 6.54. The highest BCUT2D eigenvalue weighted by Crippen LogP contribution is 2.10. The molecular formula is C19H20N2O4. The van der Waals surface area contributed by atoms with Crippen LogP contribution in [0.1, 0.15) is 28.4 Å². The smallest absolute Gasteiger partial charge is 0.251 e. The van der Waals surface area contributed by atoms with Crippen LogP contribution in [0, 0.1) is 11.8 Å². The van der Waals surface area contributed by atoms with Gasteiger partial charge in [0.05, 0.1) is 12.1 Å². The van der Waals surface area contributed by atoms with Gasteiger partial charge >= 0.3 is 0 Å². The van der Waals surface area contributed by atoms with Crippen molar-refractivity contribution in [2.24, 2.45) is 0 Å². The zero-order valence-corrected chi connectivity index (χ0v) is 13.7. The highest BCUT2D eigenvalue weighted by atomic mass is 16.5. The minimum Gasteiger partial charge on any atom is -0.508 e. The van der Waals surface area contributed by atoms with Crippen LogP contribution in [0.4, 0.5) is 0 Å². The second kappa shape index (κ2) is 8.85. The average molecular weight is 340 g/mol. The summed E-state index contributed by atoms with van der Waals surface area (Å²) in [6, 6.07) is 12.7. The van der Waals surface area contributed by atoms with Crippen molar-refractivity contribution in [2.75, 3.05) is 6.54 Å². The molecule has 0 aromatic heterocycles. The Morgan fingerprint density at radius 3 is 2.40 bits per heavy atom. The lowest BCUT2D eigenvalue weighted by molar-refractivity contribution is 0.0767. The molecule has 2 aromatic carbocycles. The zero-order chi connectivity index (χ0) is 18.2. The van der Waals surface area contributed by atoms with Crippen LogP contribution in [-0.2, 0) is 0 Å². The summed E-state index contributed by atoms with van der Waals surface area (Å²) >= 11 is 0. The first-order chi connectivity index (χ1) is 12.0. The Morgan fingerprint density at radius 1 is 1.12 bits per heavy atom. The second-order valence-corrected chi connectivity index (χ2v) is 5.56. The Hall–Kier alpha value is -2.85. The van der Waals surface area contributed by atoms with Gasteiger partial charge < -0.3 is 20.7 Å². The molecule has 0 radical (unpaired) electrons. The van der Waals surface area contributed by atoms with E-state index in [1.54, 1.807) is 48.5 Å². The molecule has 0 aliphatic rings. The second-order valence-electron chi connectivity index (χ2n) is 5.56. The largest absolute Gasteiger partial charge is 0.508 e. The lowest BCUT2D eigenvalue weighted by atomic mass is 10.1. The number of phenolic OH excluding ortho intramolecular Hbond substituents is 1. The van der Waals surface area contributed by atoms with E-state index in [0.29, 0.717) is 11.1 Å². The monoisotopic (exact) mass is 340 g/mol. The van der Waals surface area contributed by atoms with Gasteiger partial charge in [-0.25, -0.2) is 5.48 Å². The van der Waals surface area contributed by atoms with E-state index in [0.717, 1.165) is 5.56 Å². The Bertz CT molecular complexity index is 776. The van der Waals surface area contributed by atoms with Crippen LogP contribution < -0.4 is 10.8 Å². The van der Waals surface area contributed by atoms with E-state index >= 15 is 0 Å². The number of amides is 1. The number of phenols is 1. The Labute approximate surface area is 146 Å². The van der Waals surface area contributed by atoms with Gasteiger partial charge in [-0.2, -0.15) is 0 Å². The molecule has 0 aliphatic heterocycles. The molecule has 2 aromatic rings. The molecule has 25 heavy (non-hydrogen) atoms. The lowest BCUT2D eigenvalue weighted by Gasteiger charge is -2.20. The van der Waals surface area contributed by atoms with E-state index in [-0.39, 0.29) is 18.2 Å². The van der Waals surface area contributed by atoms with E-state index in [4.69, 9.17) is 5.21 Å². The minimum atomic E-state index is -0.809. The number of nitrogens with one attached hydrogen (secondary N) is 2. The van der Waals surface area contributed by atoms with Gasteiger partial charge in [0.15, 0.2) is 0 Å². The summed E-state index contributed by atoms with van der Waals surface area (Å²) in [6.45, 7) is 1.57. The third-order valence-electron chi connectivity index (χ3n) is 3.55. The number of benzene rings is 2. The van der Waals surface area contributed by atoms with Gasteiger partial charge in [0.2, 0.25) is 0 Å². The van der Waals surface area contributed by atoms with Gasteiger partial charge in [0.25, 0.3) is 5.91 Å². The van der Waals surface area contributed by atoms with Crippen LogP contribution in [0.3, 0.4) is 0 Å². The molecule has 0 saturated heterocycles. The highest BCUT2D eigenvalue weighted by Gasteiger charge is 2.17. The molecule has 2 atom stereocenters. The molecule has 1 amide bonds. The molecule has 6 heteroatoms. The summed E-state index contributed by atoms with van der Waals surface area (Å²) in [4.78, 5) is 12.2. The predicted octanol–water partition coefficient (Wildman–Crippen LogP) is 1.25. The van der Waals surface area contributed by atoms with Gasteiger partial charge in [-0.3, -0.25) is 4.79 Å². The Morgan fingerprint density at radius 2 is 1.80 bits per heavy atom. The van der Waals surface area contributed by atoms with Crippen molar-refractivity contribution in [3.05, 3.63) is 65.2 Å². The summed E-state index contributed by atoms with van der Waals surface area (Å²) in [5.41, 5.74) is 3.78. The van der Waals surface area contributed by atoms with E-state index in [2.05, 4.69) is 17.2 Å². The number of aliphatic hydroxyl groups excluding tert-OH is 1. The van der Waals surface area contributed by atoms with Crippen molar-refractivity contribution in [3.8, 4) is 17.6 Å². The van der Waals surface area contributed by atoms with Crippen LogP contribution in [-0.4, -0.2) is 40.0 Å². The van der Waals surface area contributed by atoms with Gasteiger partial charge in [0, 0.05) is 23.2 Å². The van der Waals surface area contributed by atoms with Crippen molar-refractivity contribution in [1.82, 2.24) is 10.8 Å². The van der Waals surface area contributed by atoms with Crippen molar-refractivity contribution in [3.63, 3.8) is 0 Å². The molecular weight excluding hydrogens is 320 g/mol. The molecule has 6 nitrogen and oxygen atoms in total. The maximum absolute atomic E-state index is 12.2. The molecule has 130 valence electrons. The average Bonchev–Trinajstić information content (AvgIpc) is 2.60. The standard InChI is InChI=1S/C19H20N2O4/c1-13(22)18(12-20-25)21-19(24)16-9-7-14(8-10-16)5-6-15-3-2-4-17(23)11-15/h2-4,7-11,13,18,20,22-23,25H,12H2,1H3,(H,21,24)/t13-,18+/m1/s1. The molecule has 0 spiro atoms. The number of rotatable bonds is 5. The van der Waals surface area contributed by atoms with Gasteiger partial charge in [-0.1, -0.05) is 17.9 Å². The molecule has 2 rings (SSSR count). The number of hydroxylamine groups is 1. The van der Waals surface area contributed by atoms with Crippen molar-refractivity contribution >= 4 is 5.91 Å². The first-order valence-corrected chi connectivity index (χ1v) is 7.76. The normalized spacial score (nSPS) is 12.6. The lowest BCUT2D eigenvalue weighted by Crippen LogP contribution is -2.47. The molecule has 0 saturated carbocycles. The number of hydrogen-bond acceptors (Lipinski definition) is 5. The molecule has 0 fully saturated rings. The van der Waals surface area contributed by atoms with Gasteiger partial charge in [-0.15, -0.1) is 0 Å². The van der Waals surface area contributed by atoms with Crippen molar-refractivity contribution in [1.29, 1.82) is 0 Å². The van der Waals surface area contributed by atoms with E-state index in [1.807, 2.05) is 5.48 Å². The van der Waals surface area contributed by atoms with Crippen LogP contribution in [0.5, 0.6) is 5.75 Å². The number of hydrogen-bond donors (Lipinski definition) is 5. The molecule has 0 heterocycles. The number of aromatic hydroxyl groups is 1. The molecule has 0 bridgehead atoms. The van der Waals surface area contributed by atoms with E-state index in [1.165, 1.54) is 6.92 Å². The number of carbonyl (C=O) groups is 1. The summed E-state index contributed by atoms with van der Waals surface area (Å²) < 4.78 is 0. The third kappa shape index (κ3) is 5.62. The van der Waals surface area contributed by atoms with E-state index in [9.17, 15) is 15.0 Å². The topological polar surface area (TPSA) is 102 Å². The van der Waals surface area contributed by atoms with Crippen molar-refractivity contribution in [2.45, 2.75) is 19.1 Å². The van der Waals surface area contributed by atoms with Crippen LogP contribution in [0.2, 0.25) is 0 Å². The maximum atomic E-state index is 12.2. The van der Waals surface area contributed by atoms with E-state index < -0.39 is 12.1 Å². The Balaban J connectivity index is 2.05. The van der Waals surface area contributed by atoms with Gasteiger partial charge in [-0.05, 0) is 49.4 Å². The maximum Gasteiger partial charge on any atom is 0.251 e. The third-order valence-corrected chi connectivity index (χ3v) is 3.55. The quantitative estimate of drug-likeness (QED) is 0.416. The minimum absolute atomic E-state index is 0.0386. The summed E-state index contributed by atoms with van der Waals surface area (Å²) in [5, 5.41) is 30.4. The predicted molar refractivity (Wildman–Crippen MR) is 93.3 cm³/mol. The number of aliphatic hydroxyl groups is 1. The fourth-order valence-electron chi connectivity index (χ4n) is 2.13. The summed E-state index contributed by atoms with van der Waals surface area (Å²) in [7, 11) is 0. The first-order valence-electron chi connectivity index (χ1n) is 7.76. The molecule has 0 aliphatic carbocycles. The van der Waals surface area contributed by atoms with Crippen LogP contribution >= 0.6 is 0 Å². The molecule has 0 unspecified atom stereocenters. The SMILES string of the molecule is C[C@@H](O)[C@H](CNO)NC(=O)c1ccc(C#Cc2cccc(O)c2)cc1. The zero-order valence-electron chi connectivity index (χ0n) is 13.7. The fourth-order valence-corrected chi connectivity index (χ4v) is 2.13. The number of carbonyl (C=O) groups excluding carboxylic acids is 1. The summed E-state index contributed by atoms with van der Waals surface area (Å²) in [6.07, 6.45) is -0.809. The van der Waals surface area contributed by atoms with Gasteiger partial charge in [0.1, 0.15) is 5.75 Å². The molecule has 5 N–H and O–H groups in total. The fraction of sp³-hybridized carbons (Fsp3) is 0.211. The first kappa shape index (κ1) is 18.5.